The van der Waals surface area contributed by atoms with E-state index < -0.39 is 16.9 Å². The van der Waals surface area contributed by atoms with Crippen LogP contribution in [0.15, 0.2) is 18.2 Å². The maximum absolute atomic E-state index is 12.0. The standard InChI is InChI=1S/C13H15N3O5/c1-15-12(17)6-5-10(13(15)18)14-9-4-3-8(21-2)7-11(9)16(19)20/h3-4,7,10,14H,5-6H2,1-2H3. The van der Waals surface area contributed by atoms with Crippen LogP contribution in [0, 0.1) is 10.1 Å². The van der Waals surface area contributed by atoms with Gasteiger partial charge in [-0.1, -0.05) is 0 Å². The zero-order valence-electron chi connectivity index (χ0n) is 11.7. The number of likely N-dealkylation sites (tertiary alicyclic amines) is 1. The summed E-state index contributed by atoms with van der Waals surface area (Å²) in [5, 5.41) is 13.9. The molecule has 0 radical (unpaired) electrons. The van der Waals surface area contributed by atoms with Gasteiger partial charge in [-0.2, -0.15) is 0 Å². The number of hydrogen-bond donors (Lipinski definition) is 1. The number of carbonyl (C=O) groups excluding carboxylic acids is 2. The number of benzene rings is 1. The van der Waals surface area contributed by atoms with Gasteiger partial charge in [-0.05, 0) is 18.6 Å². The lowest BCUT2D eigenvalue weighted by molar-refractivity contribution is -0.384. The first-order chi connectivity index (χ1) is 9.93. The summed E-state index contributed by atoms with van der Waals surface area (Å²) < 4.78 is 4.95. The average Bonchev–Trinajstić information content (AvgIpc) is 2.48. The third kappa shape index (κ3) is 2.93. The molecule has 8 nitrogen and oxygen atoms in total. The van der Waals surface area contributed by atoms with Crippen LogP contribution < -0.4 is 10.1 Å². The van der Waals surface area contributed by atoms with Gasteiger partial charge in [0.15, 0.2) is 0 Å². The number of anilines is 1. The molecule has 1 heterocycles. The Labute approximate surface area is 120 Å². The molecule has 2 amide bonds. The van der Waals surface area contributed by atoms with Gasteiger partial charge < -0.3 is 10.1 Å². The first kappa shape index (κ1) is 14.8. The van der Waals surface area contributed by atoms with E-state index in [2.05, 4.69) is 5.32 Å². The fourth-order valence-corrected chi connectivity index (χ4v) is 2.15. The van der Waals surface area contributed by atoms with Crippen LogP contribution in [0.3, 0.4) is 0 Å². The predicted octanol–water partition coefficient (Wildman–Crippen LogP) is 1.16. The van der Waals surface area contributed by atoms with Crippen molar-refractivity contribution < 1.29 is 19.2 Å². The Bertz CT molecular complexity index is 601. The van der Waals surface area contributed by atoms with Crippen molar-refractivity contribution in [2.75, 3.05) is 19.5 Å². The van der Waals surface area contributed by atoms with Crippen molar-refractivity contribution in [3.05, 3.63) is 28.3 Å². The van der Waals surface area contributed by atoms with Gasteiger partial charge in [0.2, 0.25) is 5.91 Å². The van der Waals surface area contributed by atoms with E-state index in [0.717, 1.165) is 4.90 Å². The van der Waals surface area contributed by atoms with Crippen LogP contribution in [0.5, 0.6) is 5.75 Å². The van der Waals surface area contributed by atoms with Gasteiger partial charge in [-0.25, -0.2) is 0 Å². The molecular weight excluding hydrogens is 278 g/mol. The molecule has 8 heteroatoms. The van der Waals surface area contributed by atoms with Crippen molar-refractivity contribution in [2.24, 2.45) is 0 Å². The number of methoxy groups -OCH3 is 1. The minimum atomic E-state index is -0.653. The largest absolute Gasteiger partial charge is 0.496 e. The van der Waals surface area contributed by atoms with Crippen LogP contribution in [0.1, 0.15) is 12.8 Å². The molecule has 0 spiro atoms. The molecule has 0 aliphatic carbocycles. The van der Waals surface area contributed by atoms with Crippen molar-refractivity contribution in [2.45, 2.75) is 18.9 Å². The number of nitrogens with one attached hydrogen (secondary N) is 1. The molecular formula is C13H15N3O5. The Morgan fingerprint density at radius 2 is 2.14 bits per heavy atom. The summed E-state index contributed by atoms with van der Waals surface area (Å²) in [5.41, 5.74) is 0.0450. The number of ether oxygens (including phenoxy) is 1. The molecule has 0 aromatic heterocycles. The van der Waals surface area contributed by atoms with Crippen molar-refractivity contribution in [3.8, 4) is 5.75 Å². The van der Waals surface area contributed by atoms with Gasteiger partial charge in [0.05, 0.1) is 18.1 Å². The molecule has 112 valence electrons. The van der Waals surface area contributed by atoms with Crippen molar-refractivity contribution in [3.63, 3.8) is 0 Å². The van der Waals surface area contributed by atoms with E-state index in [9.17, 15) is 19.7 Å². The average molecular weight is 293 g/mol. The Morgan fingerprint density at radius 1 is 1.43 bits per heavy atom. The Kier molecular flexibility index (Phi) is 4.06. The molecule has 1 fully saturated rings. The molecule has 1 atom stereocenters. The number of nitro groups is 1. The van der Waals surface area contributed by atoms with E-state index in [1.807, 2.05) is 0 Å². The number of carbonyl (C=O) groups is 2. The summed E-state index contributed by atoms with van der Waals surface area (Å²) in [6.07, 6.45) is 0.537. The third-order valence-corrected chi connectivity index (χ3v) is 3.38. The zero-order chi connectivity index (χ0) is 15.6. The SMILES string of the molecule is COc1ccc(NC2CCC(=O)N(C)C2=O)c([N+](=O)[O-])c1. The molecule has 1 aliphatic rings. The smallest absolute Gasteiger partial charge is 0.296 e. The number of rotatable bonds is 4. The van der Waals surface area contributed by atoms with Crippen molar-refractivity contribution >= 4 is 23.2 Å². The van der Waals surface area contributed by atoms with Crippen molar-refractivity contribution in [1.82, 2.24) is 4.90 Å². The highest BCUT2D eigenvalue weighted by Crippen LogP contribution is 2.30. The minimum Gasteiger partial charge on any atom is -0.496 e. The lowest BCUT2D eigenvalue weighted by atomic mass is 10.0. The molecule has 0 bridgehead atoms. The lowest BCUT2D eigenvalue weighted by Gasteiger charge is -2.28. The number of piperidine rings is 1. The number of nitrogens with zero attached hydrogens (tertiary/aromatic N) is 2. The van der Waals surface area contributed by atoms with E-state index >= 15 is 0 Å². The monoisotopic (exact) mass is 293 g/mol. The van der Waals surface area contributed by atoms with Crippen molar-refractivity contribution in [1.29, 1.82) is 0 Å². The van der Waals surface area contributed by atoms with Gasteiger partial charge in [-0.15, -0.1) is 0 Å². The van der Waals surface area contributed by atoms with Crippen LogP contribution in [-0.4, -0.2) is 41.8 Å². The fourth-order valence-electron chi connectivity index (χ4n) is 2.15. The first-order valence-electron chi connectivity index (χ1n) is 6.33. The van der Waals surface area contributed by atoms with Crippen LogP contribution in [0.2, 0.25) is 0 Å². The van der Waals surface area contributed by atoms with Crippen LogP contribution >= 0.6 is 0 Å². The van der Waals surface area contributed by atoms with Gasteiger partial charge >= 0.3 is 0 Å². The molecule has 1 N–H and O–H groups in total. The molecule has 1 aromatic carbocycles. The molecule has 21 heavy (non-hydrogen) atoms. The Hall–Kier alpha value is -2.64. The van der Waals surface area contributed by atoms with Gasteiger partial charge in [0.1, 0.15) is 17.5 Å². The molecule has 1 aliphatic heterocycles. The summed E-state index contributed by atoms with van der Waals surface area (Å²) in [4.78, 5) is 35.0. The maximum Gasteiger partial charge on any atom is 0.296 e. The topological polar surface area (TPSA) is 102 Å². The Balaban J connectivity index is 2.25. The normalized spacial score (nSPS) is 18.6. The maximum atomic E-state index is 12.0. The summed E-state index contributed by atoms with van der Waals surface area (Å²) in [5.74, 6) is -0.284. The fraction of sp³-hybridized carbons (Fsp3) is 0.385. The molecule has 1 unspecified atom stereocenters. The number of likely N-dealkylation sites (N-methyl/N-ethyl adjacent to an activating group) is 1. The lowest BCUT2D eigenvalue weighted by Crippen LogP contribution is -2.48. The molecule has 1 saturated heterocycles. The zero-order valence-corrected chi connectivity index (χ0v) is 11.7. The second-order valence-corrected chi connectivity index (χ2v) is 4.67. The highest BCUT2D eigenvalue weighted by atomic mass is 16.6. The minimum absolute atomic E-state index is 0.179. The molecule has 1 aromatic rings. The second-order valence-electron chi connectivity index (χ2n) is 4.67. The number of imide groups is 1. The summed E-state index contributed by atoms with van der Waals surface area (Å²) in [7, 11) is 2.82. The van der Waals surface area contributed by atoms with Gasteiger partial charge in [0.25, 0.3) is 11.6 Å². The van der Waals surface area contributed by atoms with E-state index in [4.69, 9.17) is 4.74 Å². The summed E-state index contributed by atoms with van der Waals surface area (Å²) in [6.45, 7) is 0. The summed E-state index contributed by atoms with van der Waals surface area (Å²) >= 11 is 0. The number of amides is 2. The van der Waals surface area contributed by atoms with Gasteiger partial charge in [-0.3, -0.25) is 24.6 Å². The third-order valence-electron chi connectivity index (χ3n) is 3.38. The van der Waals surface area contributed by atoms with Crippen LogP contribution in [-0.2, 0) is 9.59 Å². The van der Waals surface area contributed by atoms with Crippen LogP contribution in [0.25, 0.3) is 0 Å². The van der Waals surface area contributed by atoms with E-state index in [0.29, 0.717) is 12.2 Å². The van der Waals surface area contributed by atoms with Crippen LogP contribution in [0.4, 0.5) is 11.4 Å². The number of hydrogen-bond acceptors (Lipinski definition) is 6. The number of nitro benzene ring substituents is 1. The van der Waals surface area contributed by atoms with Gasteiger partial charge in [0, 0.05) is 13.5 Å². The van der Waals surface area contributed by atoms with E-state index in [-0.39, 0.29) is 23.7 Å². The Morgan fingerprint density at radius 3 is 2.76 bits per heavy atom. The van der Waals surface area contributed by atoms with E-state index in [1.54, 1.807) is 6.07 Å². The summed E-state index contributed by atoms with van der Waals surface area (Å²) in [6, 6.07) is 3.68. The molecule has 2 rings (SSSR count). The predicted molar refractivity (Wildman–Crippen MR) is 74.1 cm³/mol. The molecule has 0 saturated carbocycles. The quantitative estimate of drug-likeness (QED) is 0.508. The first-order valence-corrected chi connectivity index (χ1v) is 6.33. The second kappa shape index (κ2) is 5.78. The highest BCUT2D eigenvalue weighted by Gasteiger charge is 2.32. The highest BCUT2D eigenvalue weighted by molar-refractivity contribution is 6.01. The van der Waals surface area contributed by atoms with E-state index in [1.165, 1.54) is 26.3 Å².